The van der Waals surface area contributed by atoms with E-state index < -0.39 is 0 Å². The molecule has 0 aliphatic carbocycles. The molecule has 0 aromatic carbocycles. The Labute approximate surface area is 127 Å². The summed E-state index contributed by atoms with van der Waals surface area (Å²) in [5, 5.41) is 6.07. The first-order valence-corrected chi connectivity index (χ1v) is 8.28. The molecule has 1 atom stereocenters. The highest BCUT2D eigenvalue weighted by Crippen LogP contribution is 2.29. The summed E-state index contributed by atoms with van der Waals surface area (Å²) >= 11 is 3.40. The van der Waals surface area contributed by atoms with Crippen molar-refractivity contribution in [1.82, 2.24) is 10.3 Å². The lowest BCUT2D eigenvalue weighted by Gasteiger charge is -2.08. The van der Waals surface area contributed by atoms with Crippen LogP contribution in [0.5, 0.6) is 0 Å². The van der Waals surface area contributed by atoms with Crippen molar-refractivity contribution >= 4 is 28.6 Å². The van der Waals surface area contributed by atoms with Crippen LogP contribution in [0.2, 0.25) is 0 Å². The van der Waals surface area contributed by atoms with Gasteiger partial charge in [-0.2, -0.15) is 0 Å². The number of nitrogens with two attached hydrogens (primary N) is 1. The second-order valence-corrected chi connectivity index (χ2v) is 6.93. The first kappa shape index (κ1) is 15.2. The molecule has 3 N–H and O–H groups in total. The monoisotopic (exact) mass is 309 g/mol. The number of carbonyl (C=O) groups excluding carboxylic acids is 1. The van der Waals surface area contributed by atoms with Gasteiger partial charge in [-0.3, -0.25) is 4.79 Å². The van der Waals surface area contributed by atoms with Crippen molar-refractivity contribution < 1.29 is 4.79 Å². The third-order valence-electron chi connectivity index (χ3n) is 3.00. The predicted molar refractivity (Wildman–Crippen MR) is 85.1 cm³/mol. The second-order valence-electron chi connectivity index (χ2n) is 4.70. The summed E-state index contributed by atoms with van der Waals surface area (Å²) in [6, 6.07) is 4.20. The van der Waals surface area contributed by atoms with E-state index >= 15 is 0 Å². The molecule has 1 unspecified atom stereocenters. The minimum absolute atomic E-state index is 0.0272. The quantitative estimate of drug-likeness (QED) is 0.861. The topological polar surface area (TPSA) is 68.0 Å². The highest BCUT2D eigenvalue weighted by atomic mass is 32.1. The van der Waals surface area contributed by atoms with Gasteiger partial charge in [0, 0.05) is 29.3 Å². The number of nitrogens with zero attached hydrogens (tertiary/aromatic N) is 1. The molecule has 2 heterocycles. The van der Waals surface area contributed by atoms with Gasteiger partial charge in [0.25, 0.3) is 0 Å². The Morgan fingerprint density at radius 1 is 1.50 bits per heavy atom. The maximum atomic E-state index is 11.6. The molecule has 4 nitrogen and oxygen atoms in total. The molecule has 2 aromatic rings. The van der Waals surface area contributed by atoms with Gasteiger partial charge in [0.1, 0.15) is 0 Å². The van der Waals surface area contributed by atoms with Gasteiger partial charge in [0.15, 0.2) is 0 Å². The molecule has 0 aliphatic heterocycles. The van der Waals surface area contributed by atoms with E-state index in [9.17, 15) is 4.79 Å². The molecule has 2 rings (SSSR count). The Morgan fingerprint density at radius 2 is 2.30 bits per heavy atom. The summed E-state index contributed by atoms with van der Waals surface area (Å²) in [4.78, 5) is 18.5. The fraction of sp³-hybridized carbons (Fsp3) is 0.429. The van der Waals surface area contributed by atoms with Crippen LogP contribution >= 0.6 is 22.7 Å². The zero-order valence-corrected chi connectivity index (χ0v) is 13.3. The number of thiazole rings is 1. The molecule has 0 saturated heterocycles. The Bertz CT molecular complexity index is 576. The smallest absolute Gasteiger partial charge is 0.224 e. The van der Waals surface area contributed by atoms with Crippen LogP contribution in [0.25, 0.3) is 10.6 Å². The maximum Gasteiger partial charge on any atom is 0.224 e. The highest BCUT2D eigenvalue weighted by molar-refractivity contribution is 7.16. The van der Waals surface area contributed by atoms with Gasteiger partial charge in [-0.25, -0.2) is 4.98 Å². The summed E-state index contributed by atoms with van der Waals surface area (Å²) in [6.07, 6.45) is 0.844. The number of amides is 1. The van der Waals surface area contributed by atoms with Crippen LogP contribution in [0, 0.1) is 12.8 Å². The number of nitrogens with one attached hydrogen (secondary N) is 1. The molecule has 6 heteroatoms. The largest absolute Gasteiger partial charge is 0.355 e. The zero-order chi connectivity index (χ0) is 14.5. The molecule has 2 aromatic heterocycles. The van der Waals surface area contributed by atoms with Crippen molar-refractivity contribution in [2.75, 3.05) is 13.1 Å². The third-order valence-corrected chi connectivity index (χ3v) is 4.95. The Balaban J connectivity index is 1.86. The van der Waals surface area contributed by atoms with Gasteiger partial charge in [0.05, 0.1) is 15.6 Å². The van der Waals surface area contributed by atoms with Gasteiger partial charge in [-0.1, -0.05) is 6.92 Å². The first-order chi connectivity index (χ1) is 9.60. The molecular formula is C14H19N3OS2. The Hall–Kier alpha value is -1.24. The number of carbonyl (C=O) groups is 1. The van der Waals surface area contributed by atoms with E-state index in [4.69, 9.17) is 5.73 Å². The van der Waals surface area contributed by atoms with E-state index in [1.807, 2.05) is 13.8 Å². The lowest BCUT2D eigenvalue weighted by molar-refractivity contribution is -0.124. The number of thiophene rings is 1. The zero-order valence-electron chi connectivity index (χ0n) is 11.7. The molecule has 0 radical (unpaired) electrons. The average Bonchev–Trinajstić information content (AvgIpc) is 3.06. The second kappa shape index (κ2) is 6.97. The molecular weight excluding hydrogens is 290 g/mol. The molecule has 20 heavy (non-hydrogen) atoms. The van der Waals surface area contributed by atoms with E-state index in [0.717, 1.165) is 17.1 Å². The standard InChI is InChI=1S/C14H19N3OS2/c1-9(7-15)14(18)16-6-5-11-3-4-13(20-11)12-8-19-10(2)17-12/h3-4,8-9H,5-7,15H2,1-2H3,(H,16,18). The van der Waals surface area contributed by atoms with Crippen molar-refractivity contribution in [2.45, 2.75) is 20.3 Å². The Morgan fingerprint density at radius 3 is 2.95 bits per heavy atom. The lowest BCUT2D eigenvalue weighted by atomic mass is 10.1. The molecule has 0 bridgehead atoms. The van der Waals surface area contributed by atoms with E-state index in [-0.39, 0.29) is 11.8 Å². The van der Waals surface area contributed by atoms with Crippen LogP contribution in [-0.2, 0) is 11.2 Å². The fourth-order valence-corrected chi connectivity index (χ4v) is 3.37. The predicted octanol–water partition coefficient (Wildman–Crippen LogP) is 2.43. The van der Waals surface area contributed by atoms with E-state index in [1.54, 1.807) is 22.7 Å². The van der Waals surface area contributed by atoms with Crippen molar-refractivity contribution in [3.8, 4) is 10.6 Å². The molecule has 0 spiro atoms. The van der Waals surface area contributed by atoms with Gasteiger partial charge in [-0.05, 0) is 25.5 Å². The summed E-state index contributed by atoms with van der Waals surface area (Å²) < 4.78 is 0. The van der Waals surface area contributed by atoms with E-state index in [1.165, 1.54) is 9.75 Å². The van der Waals surface area contributed by atoms with Gasteiger partial charge in [0.2, 0.25) is 5.91 Å². The number of aromatic nitrogens is 1. The van der Waals surface area contributed by atoms with Crippen molar-refractivity contribution in [3.63, 3.8) is 0 Å². The average molecular weight is 309 g/mol. The SMILES string of the molecule is Cc1nc(-c2ccc(CCNC(=O)C(C)CN)s2)cs1. The van der Waals surface area contributed by atoms with Gasteiger partial charge >= 0.3 is 0 Å². The van der Waals surface area contributed by atoms with Crippen LogP contribution < -0.4 is 11.1 Å². The number of aryl methyl sites for hydroxylation is 1. The molecule has 0 fully saturated rings. The summed E-state index contributed by atoms with van der Waals surface area (Å²) in [6.45, 7) is 4.89. The van der Waals surface area contributed by atoms with Crippen LogP contribution in [0.3, 0.4) is 0 Å². The normalized spacial score (nSPS) is 12.3. The van der Waals surface area contributed by atoms with Crippen molar-refractivity contribution in [1.29, 1.82) is 0 Å². The van der Waals surface area contributed by atoms with Gasteiger partial charge < -0.3 is 11.1 Å². The molecule has 108 valence electrons. The van der Waals surface area contributed by atoms with Crippen LogP contribution in [0.4, 0.5) is 0 Å². The summed E-state index contributed by atoms with van der Waals surface area (Å²) in [5.41, 5.74) is 6.51. The van der Waals surface area contributed by atoms with Crippen molar-refractivity contribution in [2.24, 2.45) is 11.7 Å². The van der Waals surface area contributed by atoms with Crippen molar-refractivity contribution in [3.05, 3.63) is 27.4 Å². The van der Waals surface area contributed by atoms with E-state index in [2.05, 4.69) is 27.8 Å². The number of hydrogen-bond donors (Lipinski definition) is 2. The number of hydrogen-bond acceptors (Lipinski definition) is 5. The molecule has 1 amide bonds. The summed E-state index contributed by atoms with van der Waals surface area (Å²) in [7, 11) is 0. The maximum absolute atomic E-state index is 11.6. The first-order valence-electron chi connectivity index (χ1n) is 6.59. The minimum Gasteiger partial charge on any atom is -0.355 e. The highest BCUT2D eigenvalue weighted by Gasteiger charge is 2.10. The summed E-state index contributed by atoms with van der Waals surface area (Å²) in [5.74, 6) is -0.0914. The minimum atomic E-state index is -0.119. The van der Waals surface area contributed by atoms with Gasteiger partial charge in [-0.15, -0.1) is 22.7 Å². The Kier molecular flexibility index (Phi) is 5.28. The van der Waals surface area contributed by atoms with E-state index in [0.29, 0.717) is 13.1 Å². The lowest BCUT2D eigenvalue weighted by Crippen LogP contribution is -2.34. The molecule has 0 saturated carbocycles. The number of rotatable bonds is 6. The van der Waals surface area contributed by atoms with Crippen LogP contribution in [0.15, 0.2) is 17.5 Å². The van der Waals surface area contributed by atoms with Crippen LogP contribution in [0.1, 0.15) is 16.8 Å². The third kappa shape index (κ3) is 3.88. The fourth-order valence-electron chi connectivity index (χ4n) is 1.72. The molecule has 0 aliphatic rings. The van der Waals surface area contributed by atoms with Crippen LogP contribution in [-0.4, -0.2) is 24.0 Å².